The van der Waals surface area contributed by atoms with Crippen LogP contribution in [0.1, 0.15) is 26.7 Å². The van der Waals surface area contributed by atoms with E-state index in [2.05, 4.69) is 23.7 Å². The van der Waals surface area contributed by atoms with Gasteiger partial charge < -0.3 is 15.4 Å². The molecule has 0 amide bonds. The first kappa shape index (κ1) is 13.1. The smallest absolute Gasteiger partial charge is 0.171 e. The molecule has 2 unspecified atom stereocenters. The van der Waals surface area contributed by atoms with Gasteiger partial charge in [0.2, 0.25) is 0 Å². The van der Waals surface area contributed by atoms with Crippen molar-refractivity contribution in [1.29, 1.82) is 0 Å². The van der Waals surface area contributed by atoms with Gasteiger partial charge in [-0.3, -0.25) is 0 Å². The summed E-state index contributed by atoms with van der Waals surface area (Å²) in [5.41, 5.74) is 6.06. The van der Waals surface area contributed by atoms with Crippen LogP contribution in [0.3, 0.4) is 0 Å². The molecule has 2 atom stereocenters. The Balaban J connectivity index is 2.12. The van der Waals surface area contributed by atoms with E-state index in [1.165, 1.54) is 0 Å². The zero-order valence-corrected chi connectivity index (χ0v) is 11.3. The number of pyridine rings is 1. The largest absolute Gasteiger partial charge is 0.490 e. The standard InChI is InChI=1S/C14H23N3O/c1-3-9-18-13-5-4-7-16-14(13)17-8-6-12(15)11(2)10-17/h4-5,7,11-12H,3,6,8-10,15H2,1-2H3. The van der Waals surface area contributed by atoms with Gasteiger partial charge in [-0.25, -0.2) is 4.98 Å². The van der Waals surface area contributed by atoms with Crippen molar-refractivity contribution in [2.24, 2.45) is 11.7 Å². The summed E-state index contributed by atoms with van der Waals surface area (Å²) in [4.78, 5) is 6.77. The predicted octanol–water partition coefficient (Wildman–Crippen LogP) is 2.04. The van der Waals surface area contributed by atoms with Gasteiger partial charge in [0.1, 0.15) is 0 Å². The number of nitrogens with two attached hydrogens (primary N) is 1. The highest BCUT2D eigenvalue weighted by atomic mass is 16.5. The number of aromatic nitrogens is 1. The minimum Gasteiger partial charge on any atom is -0.490 e. The van der Waals surface area contributed by atoms with Crippen LogP contribution in [0.5, 0.6) is 5.75 Å². The van der Waals surface area contributed by atoms with E-state index in [9.17, 15) is 0 Å². The van der Waals surface area contributed by atoms with Crippen LogP contribution < -0.4 is 15.4 Å². The first-order valence-corrected chi connectivity index (χ1v) is 6.80. The maximum atomic E-state index is 6.06. The fourth-order valence-corrected chi connectivity index (χ4v) is 2.30. The molecule has 2 N–H and O–H groups in total. The first-order chi connectivity index (χ1) is 8.72. The fraction of sp³-hybridized carbons (Fsp3) is 0.643. The maximum Gasteiger partial charge on any atom is 0.171 e. The van der Waals surface area contributed by atoms with E-state index in [0.717, 1.165) is 44.1 Å². The molecule has 0 bridgehead atoms. The van der Waals surface area contributed by atoms with Crippen molar-refractivity contribution >= 4 is 5.82 Å². The summed E-state index contributed by atoms with van der Waals surface area (Å²) in [6, 6.07) is 4.23. The van der Waals surface area contributed by atoms with Gasteiger partial charge in [0, 0.05) is 25.3 Å². The normalized spacial score (nSPS) is 24.1. The lowest BCUT2D eigenvalue weighted by Crippen LogP contribution is -2.46. The van der Waals surface area contributed by atoms with E-state index in [1.807, 2.05) is 18.3 Å². The third-order valence-corrected chi connectivity index (χ3v) is 3.48. The average Bonchev–Trinajstić information content (AvgIpc) is 2.40. The number of hydrogen-bond donors (Lipinski definition) is 1. The van der Waals surface area contributed by atoms with Crippen molar-refractivity contribution in [2.45, 2.75) is 32.7 Å². The molecule has 2 heterocycles. The third-order valence-electron chi connectivity index (χ3n) is 3.48. The van der Waals surface area contributed by atoms with Crippen LogP contribution in [0, 0.1) is 5.92 Å². The molecule has 1 saturated heterocycles. The van der Waals surface area contributed by atoms with Gasteiger partial charge in [-0.15, -0.1) is 0 Å². The van der Waals surface area contributed by atoms with Crippen LogP contribution in [-0.4, -0.2) is 30.7 Å². The average molecular weight is 249 g/mol. The molecular weight excluding hydrogens is 226 g/mol. The molecule has 4 nitrogen and oxygen atoms in total. The predicted molar refractivity (Wildman–Crippen MR) is 74.0 cm³/mol. The first-order valence-electron chi connectivity index (χ1n) is 6.80. The van der Waals surface area contributed by atoms with Crippen LogP contribution in [0.25, 0.3) is 0 Å². The highest BCUT2D eigenvalue weighted by molar-refractivity contribution is 5.52. The van der Waals surface area contributed by atoms with E-state index in [1.54, 1.807) is 0 Å². The Morgan fingerprint density at radius 1 is 1.56 bits per heavy atom. The lowest BCUT2D eigenvalue weighted by atomic mass is 9.95. The van der Waals surface area contributed by atoms with E-state index in [-0.39, 0.29) is 0 Å². The molecular formula is C14H23N3O. The molecule has 4 heteroatoms. The molecule has 2 rings (SSSR count). The van der Waals surface area contributed by atoms with Crippen LogP contribution in [-0.2, 0) is 0 Å². The van der Waals surface area contributed by atoms with E-state index < -0.39 is 0 Å². The lowest BCUT2D eigenvalue weighted by Gasteiger charge is -2.36. The van der Waals surface area contributed by atoms with Gasteiger partial charge >= 0.3 is 0 Å². The minimum atomic E-state index is 0.310. The van der Waals surface area contributed by atoms with E-state index >= 15 is 0 Å². The molecule has 0 aromatic carbocycles. The molecule has 1 aromatic heterocycles. The molecule has 0 spiro atoms. The van der Waals surface area contributed by atoms with Crippen LogP contribution >= 0.6 is 0 Å². The second-order valence-electron chi connectivity index (χ2n) is 5.05. The number of rotatable bonds is 4. The molecule has 18 heavy (non-hydrogen) atoms. The highest BCUT2D eigenvalue weighted by Gasteiger charge is 2.25. The van der Waals surface area contributed by atoms with Crippen molar-refractivity contribution in [2.75, 3.05) is 24.6 Å². The Morgan fingerprint density at radius 2 is 2.39 bits per heavy atom. The number of ether oxygens (including phenoxy) is 1. The van der Waals surface area contributed by atoms with E-state index in [0.29, 0.717) is 12.0 Å². The van der Waals surface area contributed by atoms with Crippen LogP contribution in [0.15, 0.2) is 18.3 Å². The van der Waals surface area contributed by atoms with Crippen molar-refractivity contribution in [1.82, 2.24) is 4.98 Å². The number of hydrogen-bond acceptors (Lipinski definition) is 4. The molecule has 1 fully saturated rings. The molecule has 1 aliphatic rings. The molecule has 100 valence electrons. The Labute approximate surface area is 109 Å². The SMILES string of the molecule is CCCOc1cccnc1N1CCC(N)C(C)C1. The third kappa shape index (κ3) is 2.93. The number of nitrogens with zero attached hydrogens (tertiary/aromatic N) is 2. The number of piperidine rings is 1. The zero-order valence-electron chi connectivity index (χ0n) is 11.3. The molecule has 0 aliphatic carbocycles. The second-order valence-corrected chi connectivity index (χ2v) is 5.05. The van der Waals surface area contributed by atoms with Crippen LogP contribution in [0.2, 0.25) is 0 Å². The summed E-state index contributed by atoms with van der Waals surface area (Å²) in [6.07, 6.45) is 3.86. The second kappa shape index (κ2) is 6.05. The van der Waals surface area contributed by atoms with Gasteiger partial charge in [-0.2, -0.15) is 0 Å². The van der Waals surface area contributed by atoms with Gasteiger partial charge in [-0.05, 0) is 30.9 Å². The topological polar surface area (TPSA) is 51.4 Å². The fourth-order valence-electron chi connectivity index (χ4n) is 2.30. The summed E-state index contributed by atoms with van der Waals surface area (Å²) in [6.45, 7) is 6.97. The Hall–Kier alpha value is -1.29. The Bertz CT molecular complexity index is 383. The summed E-state index contributed by atoms with van der Waals surface area (Å²) in [5, 5.41) is 0. The Kier molecular flexibility index (Phi) is 4.42. The van der Waals surface area contributed by atoms with E-state index in [4.69, 9.17) is 10.5 Å². The van der Waals surface area contributed by atoms with Crippen molar-refractivity contribution in [3.63, 3.8) is 0 Å². The van der Waals surface area contributed by atoms with Gasteiger partial charge in [0.15, 0.2) is 11.6 Å². The molecule has 1 aliphatic heterocycles. The molecule has 0 radical (unpaired) electrons. The van der Waals surface area contributed by atoms with Crippen molar-refractivity contribution in [3.05, 3.63) is 18.3 Å². The minimum absolute atomic E-state index is 0.310. The number of anilines is 1. The highest BCUT2D eigenvalue weighted by Crippen LogP contribution is 2.29. The quantitative estimate of drug-likeness (QED) is 0.887. The summed E-state index contributed by atoms with van der Waals surface area (Å²) in [5.74, 6) is 2.35. The maximum absolute atomic E-state index is 6.06. The van der Waals surface area contributed by atoms with Crippen molar-refractivity contribution in [3.8, 4) is 5.75 Å². The van der Waals surface area contributed by atoms with Crippen LogP contribution in [0.4, 0.5) is 5.82 Å². The summed E-state index contributed by atoms with van der Waals surface area (Å²) < 4.78 is 5.77. The van der Waals surface area contributed by atoms with Gasteiger partial charge in [0.25, 0.3) is 0 Å². The summed E-state index contributed by atoms with van der Waals surface area (Å²) >= 11 is 0. The molecule has 0 saturated carbocycles. The van der Waals surface area contributed by atoms with Gasteiger partial charge in [0.05, 0.1) is 6.61 Å². The summed E-state index contributed by atoms with van der Waals surface area (Å²) in [7, 11) is 0. The molecule has 1 aromatic rings. The van der Waals surface area contributed by atoms with Gasteiger partial charge in [-0.1, -0.05) is 13.8 Å². The lowest BCUT2D eigenvalue weighted by molar-refractivity contribution is 0.313. The van der Waals surface area contributed by atoms with Crippen molar-refractivity contribution < 1.29 is 4.74 Å². The Morgan fingerprint density at radius 3 is 3.11 bits per heavy atom. The zero-order chi connectivity index (χ0) is 13.0. The monoisotopic (exact) mass is 249 g/mol.